The van der Waals surface area contributed by atoms with E-state index in [0.29, 0.717) is 0 Å². The summed E-state index contributed by atoms with van der Waals surface area (Å²) in [7, 11) is 0. The second-order valence-electron chi connectivity index (χ2n) is 2.79. The molecule has 0 atom stereocenters. The summed E-state index contributed by atoms with van der Waals surface area (Å²) in [6.07, 6.45) is -4.15. The lowest BCUT2D eigenvalue weighted by Gasteiger charge is -2.12. The van der Waals surface area contributed by atoms with Crippen molar-refractivity contribution in [2.45, 2.75) is 19.5 Å². The van der Waals surface area contributed by atoms with Crippen LogP contribution in [0.25, 0.3) is 0 Å². The molecule has 4 nitrogen and oxygen atoms in total. The number of halogens is 4. The highest BCUT2D eigenvalue weighted by molar-refractivity contribution is 5.31. The number of alkyl halides is 3. The van der Waals surface area contributed by atoms with Gasteiger partial charge < -0.3 is 15.6 Å². The highest BCUT2D eigenvalue weighted by Gasteiger charge is 2.33. The molecule has 3 N–H and O–H groups in total. The van der Waals surface area contributed by atoms with Crippen LogP contribution in [0.2, 0.25) is 0 Å². The van der Waals surface area contributed by atoms with E-state index < -0.39 is 24.7 Å². The molecule has 1 rings (SSSR count). The van der Waals surface area contributed by atoms with Crippen LogP contribution in [0.1, 0.15) is 11.1 Å². The van der Waals surface area contributed by atoms with E-state index in [1.807, 2.05) is 0 Å². The Morgan fingerprint density at radius 3 is 2.50 bits per heavy atom. The molecule has 0 spiro atoms. The normalized spacial score (nSPS) is 11.6. The maximum absolute atomic E-state index is 13.4. The van der Waals surface area contributed by atoms with Gasteiger partial charge in [0, 0.05) is 23.9 Å². The molecule has 0 aliphatic rings. The molecular weight excluding hydrogens is 232 g/mol. The van der Waals surface area contributed by atoms with Crippen molar-refractivity contribution >= 4 is 0 Å². The zero-order chi connectivity index (χ0) is 12.3. The van der Waals surface area contributed by atoms with Gasteiger partial charge in [-0.25, -0.2) is 9.37 Å². The van der Waals surface area contributed by atoms with Crippen LogP contribution < -0.4 is 10.5 Å². The lowest BCUT2D eigenvalue weighted by Crippen LogP contribution is -2.20. The molecule has 0 amide bonds. The molecule has 1 aromatic heterocycles. The quantitative estimate of drug-likeness (QED) is 0.775. The molecule has 0 saturated heterocycles. The van der Waals surface area contributed by atoms with Gasteiger partial charge >= 0.3 is 6.36 Å². The van der Waals surface area contributed by atoms with Gasteiger partial charge in [0.05, 0.1) is 6.61 Å². The van der Waals surface area contributed by atoms with Crippen LogP contribution in [0.15, 0.2) is 6.20 Å². The van der Waals surface area contributed by atoms with Crippen molar-refractivity contribution in [2.75, 3.05) is 0 Å². The number of aliphatic hydroxyl groups excluding tert-OH is 1. The van der Waals surface area contributed by atoms with E-state index in [4.69, 9.17) is 10.8 Å². The Hall–Kier alpha value is -1.41. The topological polar surface area (TPSA) is 68.4 Å². The Kier molecular flexibility index (Phi) is 3.66. The molecule has 1 aromatic rings. The lowest BCUT2D eigenvalue weighted by atomic mass is 10.1. The van der Waals surface area contributed by atoms with Gasteiger partial charge in [0.1, 0.15) is 0 Å². The van der Waals surface area contributed by atoms with Crippen LogP contribution in [0.3, 0.4) is 0 Å². The highest BCUT2D eigenvalue weighted by atomic mass is 19.4. The average molecular weight is 240 g/mol. The number of aliphatic hydroxyl groups is 1. The largest absolute Gasteiger partial charge is 0.574 e. The minimum absolute atomic E-state index is 0.0227. The Morgan fingerprint density at radius 2 is 2.06 bits per heavy atom. The number of ether oxygens (including phenoxy) is 1. The zero-order valence-electron chi connectivity index (χ0n) is 7.88. The predicted octanol–water partition coefficient (Wildman–Crippen LogP) is 1.07. The highest BCUT2D eigenvalue weighted by Crippen LogP contribution is 2.26. The SMILES string of the molecule is NCc1c(CO)cnc(OC(F)(F)F)c1F. The number of nitrogens with zero attached hydrogens (tertiary/aromatic N) is 1. The molecule has 0 radical (unpaired) electrons. The summed E-state index contributed by atoms with van der Waals surface area (Å²) < 4.78 is 52.2. The first-order valence-corrected chi connectivity index (χ1v) is 4.12. The third-order valence-electron chi connectivity index (χ3n) is 1.76. The monoisotopic (exact) mass is 240 g/mol. The van der Waals surface area contributed by atoms with Crippen molar-refractivity contribution in [3.63, 3.8) is 0 Å². The summed E-state index contributed by atoms with van der Waals surface area (Å²) in [4.78, 5) is 3.11. The Balaban J connectivity index is 3.14. The number of nitrogens with two attached hydrogens (primary N) is 1. The van der Waals surface area contributed by atoms with Gasteiger partial charge in [-0.15, -0.1) is 13.2 Å². The maximum Gasteiger partial charge on any atom is 0.574 e. The van der Waals surface area contributed by atoms with Gasteiger partial charge in [0.2, 0.25) is 0 Å². The van der Waals surface area contributed by atoms with Crippen molar-refractivity contribution in [1.29, 1.82) is 0 Å². The number of hydrogen-bond donors (Lipinski definition) is 2. The van der Waals surface area contributed by atoms with Crippen molar-refractivity contribution in [1.82, 2.24) is 4.98 Å². The molecular formula is C8H8F4N2O2. The third kappa shape index (κ3) is 2.80. The van der Waals surface area contributed by atoms with Crippen molar-refractivity contribution in [3.8, 4) is 5.88 Å². The van der Waals surface area contributed by atoms with Crippen molar-refractivity contribution in [2.24, 2.45) is 5.73 Å². The maximum atomic E-state index is 13.4. The van der Waals surface area contributed by atoms with Gasteiger partial charge in [0.15, 0.2) is 5.82 Å². The predicted molar refractivity (Wildman–Crippen MR) is 44.7 cm³/mol. The summed E-state index contributed by atoms with van der Waals surface area (Å²) in [5.41, 5.74) is 4.91. The summed E-state index contributed by atoms with van der Waals surface area (Å²) in [5.74, 6) is -2.52. The summed E-state index contributed by atoms with van der Waals surface area (Å²) in [5, 5.41) is 8.77. The number of aromatic nitrogens is 1. The molecule has 0 aromatic carbocycles. The molecule has 0 bridgehead atoms. The fourth-order valence-corrected chi connectivity index (χ4v) is 1.08. The molecule has 0 unspecified atom stereocenters. The van der Waals surface area contributed by atoms with E-state index in [1.165, 1.54) is 0 Å². The number of rotatable bonds is 3. The van der Waals surface area contributed by atoms with E-state index in [1.54, 1.807) is 0 Å². The average Bonchev–Trinajstić information content (AvgIpc) is 2.19. The zero-order valence-corrected chi connectivity index (χ0v) is 7.88. The van der Waals surface area contributed by atoms with E-state index >= 15 is 0 Å². The Labute approximate surface area is 87.7 Å². The smallest absolute Gasteiger partial charge is 0.392 e. The van der Waals surface area contributed by atoms with Crippen molar-refractivity contribution in [3.05, 3.63) is 23.1 Å². The first-order chi connectivity index (χ1) is 7.39. The van der Waals surface area contributed by atoms with E-state index in [9.17, 15) is 17.6 Å². The minimum atomic E-state index is -5.03. The van der Waals surface area contributed by atoms with Gasteiger partial charge in [-0.05, 0) is 0 Å². The van der Waals surface area contributed by atoms with Crippen LogP contribution in [-0.4, -0.2) is 16.5 Å². The van der Waals surface area contributed by atoms with Gasteiger partial charge in [0.25, 0.3) is 5.88 Å². The fourth-order valence-electron chi connectivity index (χ4n) is 1.08. The Bertz CT molecular complexity index is 381. The van der Waals surface area contributed by atoms with Crippen LogP contribution >= 0.6 is 0 Å². The first kappa shape index (κ1) is 12.7. The summed E-state index contributed by atoms with van der Waals surface area (Å²) in [6.45, 7) is -0.929. The van der Waals surface area contributed by atoms with E-state index in [2.05, 4.69) is 9.72 Å². The molecule has 0 saturated carbocycles. The van der Waals surface area contributed by atoms with Gasteiger partial charge in [-0.2, -0.15) is 0 Å². The van der Waals surface area contributed by atoms with Gasteiger partial charge in [-0.1, -0.05) is 0 Å². The van der Waals surface area contributed by atoms with Crippen LogP contribution in [0.5, 0.6) is 5.88 Å². The minimum Gasteiger partial charge on any atom is -0.392 e. The molecule has 0 aliphatic carbocycles. The van der Waals surface area contributed by atoms with Gasteiger partial charge in [-0.3, -0.25) is 0 Å². The summed E-state index contributed by atoms with van der Waals surface area (Å²) in [6, 6.07) is 0. The second-order valence-corrected chi connectivity index (χ2v) is 2.79. The molecule has 1 heterocycles. The standard InChI is InChI=1S/C8H8F4N2O2/c9-6-5(1-13)4(3-15)2-14-7(6)16-8(10,11)12/h2,15H,1,3,13H2. The fraction of sp³-hybridized carbons (Fsp3) is 0.375. The Morgan fingerprint density at radius 1 is 1.44 bits per heavy atom. The van der Waals surface area contributed by atoms with Crippen LogP contribution in [-0.2, 0) is 13.2 Å². The van der Waals surface area contributed by atoms with Crippen molar-refractivity contribution < 1.29 is 27.4 Å². The molecule has 0 aliphatic heterocycles. The van der Waals surface area contributed by atoms with Crippen LogP contribution in [0.4, 0.5) is 17.6 Å². The lowest BCUT2D eigenvalue weighted by molar-refractivity contribution is -0.277. The molecule has 16 heavy (non-hydrogen) atoms. The molecule has 90 valence electrons. The second kappa shape index (κ2) is 4.62. The van der Waals surface area contributed by atoms with E-state index in [-0.39, 0.29) is 17.7 Å². The van der Waals surface area contributed by atoms with E-state index in [0.717, 1.165) is 6.20 Å². The summed E-state index contributed by atoms with van der Waals surface area (Å²) >= 11 is 0. The molecule has 8 heteroatoms. The van der Waals surface area contributed by atoms with Crippen LogP contribution in [0, 0.1) is 5.82 Å². The number of pyridine rings is 1. The third-order valence-corrected chi connectivity index (χ3v) is 1.76. The molecule has 0 fully saturated rings. The first-order valence-electron chi connectivity index (χ1n) is 4.12. The number of hydrogen-bond acceptors (Lipinski definition) is 4.